The van der Waals surface area contributed by atoms with Crippen molar-refractivity contribution in [2.45, 2.75) is 63.6 Å². The summed E-state index contributed by atoms with van der Waals surface area (Å²) in [6.07, 6.45) is 0.674. The van der Waals surface area contributed by atoms with E-state index < -0.39 is 29.5 Å². The fraction of sp³-hybridized carbons (Fsp3) is 0.560. The van der Waals surface area contributed by atoms with Gasteiger partial charge in [-0.1, -0.05) is 12.5 Å². The van der Waals surface area contributed by atoms with E-state index in [9.17, 15) is 22.8 Å². The van der Waals surface area contributed by atoms with Gasteiger partial charge >= 0.3 is 6.18 Å². The minimum Gasteiger partial charge on any atom is -0.381 e. The fourth-order valence-electron chi connectivity index (χ4n) is 5.34. The zero-order valence-electron chi connectivity index (χ0n) is 20.0. The lowest BCUT2D eigenvalue weighted by atomic mass is 9.74. The number of anilines is 1. The SMILES string of the molecule is CNC(=O)c1cccc(C(F)(F)F)c1[C@H]1CCC[C@@H](C(=O)Nc2c(C)ncn2C2CCOCC2)C1. The maximum absolute atomic E-state index is 13.9. The number of aromatic nitrogens is 2. The summed E-state index contributed by atoms with van der Waals surface area (Å²) < 4.78 is 49.1. The summed E-state index contributed by atoms with van der Waals surface area (Å²) in [6, 6.07) is 3.86. The van der Waals surface area contributed by atoms with Crippen LogP contribution in [0.4, 0.5) is 19.0 Å². The molecule has 4 rings (SSSR count). The van der Waals surface area contributed by atoms with Crippen molar-refractivity contribution in [3.63, 3.8) is 0 Å². The number of ether oxygens (including phenoxy) is 1. The molecule has 2 aliphatic rings. The number of carbonyl (C=O) groups excluding carboxylic acids is 2. The van der Waals surface area contributed by atoms with Crippen molar-refractivity contribution in [2.75, 3.05) is 25.6 Å². The summed E-state index contributed by atoms with van der Waals surface area (Å²) in [7, 11) is 1.40. The molecule has 0 unspecified atom stereocenters. The minimum atomic E-state index is -4.60. The summed E-state index contributed by atoms with van der Waals surface area (Å²) in [4.78, 5) is 30.1. The van der Waals surface area contributed by atoms with Gasteiger partial charge in [0.2, 0.25) is 5.91 Å². The van der Waals surface area contributed by atoms with Crippen LogP contribution in [0.3, 0.4) is 0 Å². The first-order valence-electron chi connectivity index (χ1n) is 12.0. The first-order valence-corrected chi connectivity index (χ1v) is 12.0. The number of hydrogen-bond donors (Lipinski definition) is 2. The average Bonchev–Trinajstić information content (AvgIpc) is 3.22. The molecule has 2 amide bonds. The van der Waals surface area contributed by atoms with Gasteiger partial charge in [0.05, 0.1) is 17.6 Å². The molecular weight excluding hydrogens is 461 g/mol. The van der Waals surface area contributed by atoms with Crippen molar-refractivity contribution in [2.24, 2.45) is 5.92 Å². The van der Waals surface area contributed by atoms with Crippen molar-refractivity contribution < 1.29 is 27.5 Å². The number of nitrogens with one attached hydrogen (secondary N) is 2. The Morgan fingerprint density at radius 3 is 2.57 bits per heavy atom. The van der Waals surface area contributed by atoms with E-state index in [2.05, 4.69) is 15.6 Å². The number of amides is 2. The van der Waals surface area contributed by atoms with E-state index in [1.54, 1.807) is 6.33 Å². The third-order valence-electron chi connectivity index (χ3n) is 7.14. The molecule has 2 fully saturated rings. The Bertz CT molecular complexity index is 1080. The molecule has 10 heteroatoms. The first kappa shape index (κ1) is 25.2. The molecule has 2 heterocycles. The molecule has 35 heavy (non-hydrogen) atoms. The average molecular weight is 493 g/mol. The summed E-state index contributed by atoms with van der Waals surface area (Å²) in [5.74, 6) is -1.17. The van der Waals surface area contributed by atoms with Crippen LogP contribution in [-0.4, -0.2) is 41.6 Å². The molecule has 1 saturated heterocycles. The van der Waals surface area contributed by atoms with Gasteiger partial charge in [0, 0.05) is 37.8 Å². The Morgan fingerprint density at radius 2 is 1.89 bits per heavy atom. The van der Waals surface area contributed by atoms with Crippen molar-refractivity contribution in [1.82, 2.24) is 14.9 Å². The quantitative estimate of drug-likeness (QED) is 0.626. The van der Waals surface area contributed by atoms with E-state index in [-0.39, 0.29) is 29.5 Å². The molecule has 2 aromatic rings. The lowest BCUT2D eigenvalue weighted by molar-refractivity contribution is -0.138. The van der Waals surface area contributed by atoms with Crippen LogP contribution < -0.4 is 10.6 Å². The van der Waals surface area contributed by atoms with Crippen molar-refractivity contribution in [3.8, 4) is 0 Å². The lowest BCUT2D eigenvalue weighted by Crippen LogP contribution is -2.31. The summed E-state index contributed by atoms with van der Waals surface area (Å²) in [6.45, 7) is 3.11. The van der Waals surface area contributed by atoms with Gasteiger partial charge < -0.3 is 19.9 Å². The normalized spacial score (nSPS) is 21.5. The second kappa shape index (κ2) is 10.4. The molecular formula is C25H31F3N4O3. The number of imidazole rings is 1. The van der Waals surface area contributed by atoms with Gasteiger partial charge in [-0.25, -0.2) is 4.98 Å². The highest BCUT2D eigenvalue weighted by molar-refractivity contribution is 5.96. The molecule has 1 saturated carbocycles. The molecule has 1 aromatic heterocycles. The van der Waals surface area contributed by atoms with Crippen LogP contribution in [0.2, 0.25) is 0 Å². The van der Waals surface area contributed by atoms with Gasteiger partial charge in [0.25, 0.3) is 5.91 Å². The van der Waals surface area contributed by atoms with Crippen LogP contribution in [0.25, 0.3) is 0 Å². The zero-order valence-corrected chi connectivity index (χ0v) is 20.0. The second-order valence-corrected chi connectivity index (χ2v) is 9.32. The number of aryl methyl sites for hydroxylation is 1. The third kappa shape index (κ3) is 5.37. The van der Waals surface area contributed by atoms with Gasteiger partial charge in [-0.3, -0.25) is 9.59 Å². The highest BCUT2D eigenvalue weighted by Crippen LogP contribution is 2.44. The van der Waals surface area contributed by atoms with E-state index in [0.717, 1.165) is 18.9 Å². The summed E-state index contributed by atoms with van der Waals surface area (Å²) >= 11 is 0. The van der Waals surface area contributed by atoms with E-state index >= 15 is 0 Å². The highest BCUT2D eigenvalue weighted by atomic mass is 19.4. The Balaban J connectivity index is 1.58. The van der Waals surface area contributed by atoms with E-state index in [1.165, 1.54) is 19.2 Å². The second-order valence-electron chi connectivity index (χ2n) is 9.32. The van der Waals surface area contributed by atoms with Crippen LogP contribution in [-0.2, 0) is 15.7 Å². The zero-order chi connectivity index (χ0) is 25.2. The molecule has 0 spiro atoms. The van der Waals surface area contributed by atoms with Gasteiger partial charge in [0.1, 0.15) is 5.82 Å². The lowest BCUT2D eigenvalue weighted by Gasteiger charge is -2.32. The number of rotatable bonds is 5. The predicted octanol–water partition coefficient (Wildman–Crippen LogP) is 4.83. The number of hydrogen-bond acceptors (Lipinski definition) is 4. The number of carbonyl (C=O) groups is 2. The Labute approximate surface area is 202 Å². The summed E-state index contributed by atoms with van der Waals surface area (Å²) in [5.41, 5.74) is -0.110. The third-order valence-corrected chi connectivity index (χ3v) is 7.14. The molecule has 1 aliphatic heterocycles. The monoisotopic (exact) mass is 492 g/mol. The Morgan fingerprint density at radius 1 is 1.14 bits per heavy atom. The Hall–Kier alpha value is -2.88. The molecule has 1 aromatic carbocycles. The molecule has 2 N–H and O–H groups in total. The van der Waals surface area contributed by atoms with E-state index in [1.807, 2.05) is 11.5 Å². The van der Waals surface area contributed by atoms with Gasteiger partial charge in [-0.05, 0) is 62.6 Å². The van der Waals surface area contributed by atoms with Crippen LogP contribution >= 0.6 is 0 Å². The van der Waals surface area contributed by atoms with Crippen molar-refractivity contribution in [1.29, 1.82) is 0 Å². The number of halogens is 3. The van der Waals surface area contributed by atoms with Crippen molar-refractivity contribution in [3.05, 3.63) is 46.9 Å². The molecule has 190 valence electrons. The molecule has 7 nitrogen and oxygen atoms in total. The summed E-state index contributed by atoms with van der Waals surface area (Å²) in [5, 5.41) is 5.45. The Kier molecular flexibility index (Phi) is 7.49. The van der Waals surface area contributed by atoms with Crippen LogP contribution in [0.1, 0.15) is 77.7 Å². The van der Waals surface area contributed by atoms with Crippen molar-refractivity contribution >= 4 is 17.6 Å². The van der Waals surface area contributed by atoms with E-state index in [4.69, 9.17) is 4.74 Å². The number of nitrogens with zero attached hydrogens (tertiary/aromatic N) is 2. The molecule has 1 aliphatic carbocycles. The minimum absolute atomic E-state index is 0.0136. The van der Waals surface area contributed by atoms with Gasteiger partial charge in [-0.2, -0.15) is 13.2 Å². The largest absolute Gasteiger partial charge is 0.416 e. The molecule has 0 bridgehead atoms. The van der Waals surface area contributed by atoms with E-state index in [0.29, 0.717) is 44.0 Å². The molecule has 0 radical (unpaired) electrons. The van der Waals surface area contributed by atoms with Gasteiger partial charge in [-0.15, -0.1) is 0 Å². The number of alkyl halides is 3. The number of benzene rings is 1. The van der Waals surface area contributed by atoms with Crippen LogP contribution in [0, 0.1) is 12.8 Å². The standard InChI is InChI=1S/C25H31F3N4O3/c1-15-22(32(14-30-15)18-9-11-35-12-10-18)31-23(33)17-6-3-5-16(13-17)21-19(24(34)29-2)7-4-8-20(21)25(26,27)28/h4,7-8,14,16-18H,3,5-6,9-13H2,1-2H3,(H,29,34)(H,31,33)/t16-,17+/m0/s1. The first-order chi connectivity index (χ1) is 16.7. The fourth-order valence-corrected chi connectivity index (χ4v) is 5.34. The van der Waals surface area contributed by atoms with Gasteiger partial charge in [0.15, 0.2) is 0 Å². The maximum atomic E-state index is 13.9. The predicted molar refractivity (Wildman–Crippen MR) is 124 cm³/mol. The maximum Gasteiger partial charge on any atom is 0.416 e. The van der Waals surface area contributed by atoms with Crippen LogP contribution in [0.5, 0.6) is 0 Å². The topological polar surface area (TPSA) is 85.3 Å². The smallest absolute Gasteiger partial charge is 0.381 e. The molecule has 2 atom stereocenters. The highest BCUT2D eigenvalue weighted by Gasteiger charge is 2.39. The van der Waals surface area contributed by atoms with Crippen LogP contribution in [0.15, 0.2) is 24.5 Å².